The van der Waals surface area contributed by atoms with Gasteiger partial charge in [0.05, 0.1) is 5.56 Å². The molecule has 3 N–H and O–H groups in total. The van der Waals surface area contributed by atoms with E-state index in [9.17, 15) is 9.18 Å². The van der Waals surface area contributed by atoms with E-state index in [1.807, 2.05) is 31.2 Å². The molecule has 1 amide bonds. The summed E-state index contributed by atoms with van der Waals surface area (Å²) in [5.41, 5.74) is 7.28. The number of pyridine rings is 1. The van der Waals surface area contributed by atoms with Crippen LogP contribution >= 0.6 is 0 Å². The maximum absolute atomic E-state index is 13.6. The van der Waals surface area contributed by atoms with E-state index in [1.165, 1.54) is 12.3 Å². The van der Waals surface area contributed by atoms with Crippen LogP contribution in [0, 0.1) is 12.7 Å². The molecule has 1 aromatic carbocycles. The molecule has 0 aliphatic rings. The number of nitrogen functional groups attached to an aromatic ring is 1. The first-order valence-corrected chi connectivity index (χ1v) is 5.81. The van der Waals surface area contributed by atoms with Gasteiger partial charge in [-0.15, -0.1) is 0 Å². The lowest BCUT2D eigenvalue weighted by Gasteiger charge is -2.07. The summed E-state index contributed by atoms with van der Waals surface area (Å²) in [5.74, 6) is -1.57. The Morgan fingerprint density at radius 2 is 2.21 bits per heavy atom. The standard InChI is InChI=1S/C14H14FN3O/c1-9-3-2-4-10(7-9)8-18-14(19)11-5-6-17-13(16)12(11)15/h2-7H,8H2,1H3,(H2,16,17)(H,18,19). The molecule has 1 aromatic heterocycles. The van der Waals surface area contributed by atoms with Crippen molar-refractivity contribution in [1.82, 2.24) is 10.3 Å². The van der Waals surface area contributed by atoms with Gasteiger partial charge in [-0.3, -0.25) is 4.79 Å². The average molecular weight is 259 g/mol. The topological polar surface area (TPSA) is 68.0 Å². The number of carbonyl (C=O) groups excluding carboxylic acids is 1. The van der Waals surface area contributed by atoms with E-state index in [2.05, 4.69) is 10.3 Å². The van der Waals surface area contributed by atoms with Crippen LogP contribution in [-0.2, 0) is 6.54 Å². The van der Waals surface area contributed by atoms with Gasteiger partial charge >= 0.3 is 0 Å². The lowest BCUT2D eigenvalue weighted by molar-refractivity contribution is 0.0947. The molecule has 1 heterocycles. The van der Waals surface area contributed by atoms with Crippen molar-refractivity contribution < 1.29 is 9.18 Å². The molecule has 98 valence electrons. The zero-order valence-corrected chi connectivity index (χ0v) is 10.5. The average Bonchev–Trinajstić information content (AvgIpc) is 2.39. The number of aromatic nitrogens is 1. The minimum atomic E-state index is -0.788. The summed E-state index contributed by atoms with van der Waals surface area (Å²) in [6, 6.07) is 9.02. The van der Waals surface area contributed by atoms with Crippen LogP contribution in [0.15, 0.2) is 36.5 Å². The molecule has 0 saturated carbocycles. The SMILES string of the molecule is Cc1cccc(CNC(=O)c2ccnc(N)c2F)c1. The molecule has 0 radical (unpaired) electrons. The molecule has 0 unspecified atom stereocenters. The van der Waals surface area contributed by atoms with Gasteiger partial charge in [0.25, 0.3) is 5.91 Å². The van der Waals surface area contributed by atoms with Gasteiger partial charge in [-0.1, -0.05) is 29.8 Å². The van der Waals surface area contributed by atoms with E-state index >= 15 is 0 Å². The van der Waals surface area contributed by atoms with Gasteiger partial charge in [0, 0.05) is 12.7 Å². The Labute approximate surface area is 110 Å². The molecule has 0 atom stereocenters. The van der Waals surface area contributed by atoms with Crippen molar-refractivity contribution in [3.63, 3.8) is 0 Å². The molecule has 0 aliphatic heterocycles. The zero-order chi connectivity index (χ0) is 13.8. The summed E-state index contributed by atoms with van der Waals surface area (Å²) in [6.45, 7) is 2.30. The van der Waals surface area contributed by atoms with E-state index in [0.29, 0.717) is 6.54 Å². The molecule has 2 aromatic rings. The van der Waals surface area contributed by atoms with Gasteiger partial charge in [0.15, 0.2) is 11.6 Å². The second-order valence-corrected chi connectivity index (χ2v) is 4.23. The third-order valence-electron chi connectivity index (χ3n) is 2.70. The molecular weight excluding hydrogens is 245 g/mol. The summed E-state index contributed by atoms with van der Waals surface area (Å²) in [4.78, 5) is 15.4. The molecule has 0 spiro atoms. The largest absolute Gasteiger partial charge is 0.381 e. The first kappa shape index (κ1) is 13.0. The lowest BCUT2D eigenvalue weighted by Crippen LogP contribution is -2.24. The van der Waals surface area contributed by atoms with Crippen molar-refractivity contribution in [2.45, 2.75) is 13.5 Å². The molecule has 4 nitrogen and oxygen atoms in total. The van der Waals surface area contributed by atoms with Gasteiger partial charge in [0.1, 0.15) is 0 Å². The third-order valence-corrected chi connectivity index (χ3v) is 2.70. The second-order valence-electron chi connectivity index (χ2n) is 4.23. The van der Waals surface area contributed by atoms with Crippen LogP contribution in [0.3, 0.4) is 0 Å². The van der Waals surface area contributed by atoms with Crippen LogP contribution in [-0.4, -0.2) is 10.9 Å². The molecular formula is C14H14FN3O. The number of hydrogen-bond donors (Lipinski definition) is 2. The van der Waals surface area contributed by atoms with Gasteiger partial charge in [-0.05, 0) is 18.6 Å². The molecule has 0 bridgehead atoms. The Morgan fingerprint density at radius 3 is 2.95 bits per heavy atom. The fourth-order valence-electron chi connectivity index (χ4n) is 1.73. The van der Waals surface area contributed by atoms with E-state index in [1.54, 1.807) is 0 Å². The quantitative estimate of drug-likeness (QED) is 0.886. The molecule has 0 aliphatic carbocycles. The predicted octanol–water partition coefficient (Wildman–Crippen LogP) is 2.04. The van der Waals surface area contributed by atoms with Crippen LogP contribution in [0.25, 0.3) is 0 Å². The van der Waals surface area contributed by atoms with Crippen molar-refractivity contribution in [3.05, 3.63) is 59.0 Å². The van der Waals surface area contributed by atoms with Gasteiger partial charge < -0.3 is 11.1 Å². The Hall–Kier alpha value is -2.43. The Kier molecular flexibility index (Phi) is 3.75. The number of anilines is 1. The number of nitrogens with two attached hydrogens (primary N) is 1. The second kappa shape index (κ2) is 5.48. The number of benzene rings is 1. The number of rotatable bonds is 3. The van der Waals surface area contributed by atoms with E-state index in [0.717, 1.165) is 11.1 Å². The normalized spacial score (nSPS) is 10.2. The number of nitrogens with one attached hydrogen (secondary N) is 1. The maximum atomic E-state index is 13.6. The zero-order valence-electron chi connectivity index (χ0n) is 10.5. The van der Waals surface area contributed by atoms with Gasteiger partial charge in [-0.25, -0.2) is 9.37 Å². The molecule has 0 fully saturated rings. The number of carbonyl (C=O) groups is 1. The van der Waals surface area contributed by atoms with Gasteiger partial charge in [0.2, 0.25) is 0 Å². The van der Waals surface area contributed by atoms with Crippen molar-refractivity contribution in [2.24, 2.45) is 0 Å². The van der Waals surface area contributed by atoms with Crippen molar-refractivity contribution in [1.29, 1.82) is 0 Å². The van der Waals surface area contributed by atoms with E-state index in [-0.39, 0.29) is 11.4 Å². The van der Waals surface area contributed by atoms with Crippen LogP contribution in [0.1, 0.15) is 21.5 Å². The number of aryl methyl sites for hydroxylation is 1. The first-order chi connectivity index (χ1) is 9.08. The van der Waals surface area contributed by atoms with Crippen LogP contribution in [0.2, 0.25) is 0 Å². The molecule has 5 heteroatoms. The lowest BCUT2D eigenvalue weighted by atomic mass is 10.1. The van der Waals surface area contributed by atoms with Crippen molar-refractivity contribution >= 4 is 11.7 Å². The molecule has 0 saturated heterocycles. The predicted molar refractivity (Wildman–Crippen MR) is 71.0 cm³/mol. The van der Waals surface area contributed by atoms with Crippen LogP contribution in [0.4, 0.5) is 10.2 Å². The Morgan fingerprint density at radius 1 is 1.42 bits per heavy atom. The molecule has 19 heavy (non-hydrogen) atoms. The third kappa shape index (κ3) is 3.07. The van der Waals surface area contributed by atoms with Crippen LogP contribution in [0.5, 0.6) is 0 Å². The summed E-state index contributed by atoms with van der Waals surface area (Å²) < 4.78 is 13.6. The summed E-state index contributed by atoms with van der Waals surface area (Å²) >= 11 is 0. The first-order valence-electron chi connectivity index (χ1n) is 5.81. The van der Waals surface area contributed by atoms with Gasteiger partial charge in [-0.2, -0.15) is 0 Å². The maximum Gasteiger partial charge on any atom is 0.254 e. The van der Waals surface area contributed by atoms with Crippen molar-refractivity contribution in [2.75, 3.05) is 5.73 Å². The fraction of sp³-hybridized carbons (Fsp3) is 0.143. The highest BCUT2D eigenvalue weighted by Crippen LogP contribution is 2.12. The minimum absolute atomic E-state index is 0.0971. The van der Waals surface area contributed by atoms with Crippen molar-refractivity contribution in [3.8, 4) is 0 Å². The fourth-order valence-corrected chi connectivity index (χ4v) is 1.73. The van der Waals surface area contributed by atoms with E-state index < -0.39 is 11.7 Å². The summed E-state index contributed by atoms with van der Waals surface area (Å²) in [6.07, 6.45) is 1.31. The highest BCUT2D eigenvalue weighted by Gasteiger charge is 2.13. The van der Waals surface area contributed by atoms with Crippen LogP contribution < -0.4 is 11.1 Å². The van der Waals surface area contributed by atoms with E-state index in [4.69, 9.17) is 5.73 Å². The highest BCUT2D eigenvalue weighted by atomic mass is 19.1. The summed E-state index contributed by atoms with van der Waals surface area (Å²) in [7, 11) is 0. The number of hydrogen-bond acceptors (Lipinski definition) is 3. The monoisotopic (exact) mass is 259 g/mol. The smallest absolute Gasteiger partial charge is 0.254 e. The number of amides is 1. The summed E-state index contributed by atoms with van der Waals surface area (Å²) in [5, 5.41) is 2.65. The number of halogens is 1. The minimum Gasteiger partial charge on any atom is -0.381 e. The Bertz CT molecular complexity index is 613. The number of nitrogens with zero attached hydrogens (tertiary/aromatic N) is 1. The molecule has 2 rings (SSSR count). The highest BCUT2D eigenvalue weighted by molar-refractivity contribution is 5.95. The Balaban J connectivity index is 2.08.